The van der Waals surface area contributed by atoms with Crippen molar-refractivity contribution in [2.45, 2.75) is 44.9 Å². The zero-order chi connectivity index (χ0) is 19.4. The largest absolute Gasteiger partial charge is 0.382 e. The molecule has 0 unspecified atom stereocenters. The molecule has 27 heavy (non-hydrogen) atoms. The van der Waals surface area contributed by atoms with Gasteiger partial charge in [0.1, 0.15) is 0 Å². The predicted octanol–water partition coefficient (Wildman–Crippen LogP) is 1.64. The van der Waals surface area contributed by atoms with Crippen molar-refractivity contribution in [3.63, 3.8) is 0 Å². The lowest BCUT2D eigenvalue weighted by Gasteiger charge is -2.52. The monoisotopic (exact) mass is 375 g/mol. The minimum Gasteiger partial charge on any atom is -0.382 e. The molecule has 7 nitrogen and oxygen atoms in total. The Balaban J connectivity index is 1.68. The number of pyridine rings is 1. The number of piperidine rings is 1. The van der Waals surface area contributed by atoms with Gasteiger partial charge in [0.05, 0.1) is 19.3 Å². The minimum atomic E-state index is -0.474. The van der Waals surface area contributed by atoms with Crippen LogP contribution in [0.4, 0.5) is 0 Å². The van der Waals surface area contributed by atoms with Crippen LogP contribution >= 0.6 is 0 Å². The van der Waals surface area contributed by atoms with Gasteiger partial charge in [-0.25, -0.2) is 0 Å². The second kappa shape index (κ2) is 8.80. The molecule has 0 aliphatic carbocycles. The number of aromatic nitrogens is 1. The van der Waals surface area contributed by atoms with E-state index in [9.17, 15) is 9.59 Å². The van der Waals surface area contributed by atoms with E-state index in [1.54, 1.807) is 19.5 Å². The minimum absolute atomic E-state index is 0.00956. The molecule has 0 radical (unpaired) electrons. The fraction of sp³-hybridized carbons (Fsp3) is 0.650. The van der Waals surface area contributed by atoms with Crippen LogP contribution in [0.5, 0.6) is 0 Å². The van der Waals surface area contributed by atoms with Crippen LogP contribution in [0.3, 0.4) is 0 Å². The zero-order valence-electron chi connectivity index (χ0n) is 16.3. The third-order valence-electron chi connectivity index (χ3n) is 5.38. The SMILES string of the molecule is COCCO[C@H]1C(=O)N(C2CCN(C(=O)C(C)C)CC2)[C@H]1c1ccncc1. The highest BCUT2D eigenvalue weighted by Gasteiger charge is 2.52. The van der Waals surface area contributed by atoms with Crippen LogP contribution in [-0.4, -0.2) is 72.2 Å². The number of carbonyl (C=O) groups is 2. The van der Waals surface area contributed by atoms with Crippen LogP contribution in [0.25, 0.3) is 0 Å². The molecule has 148 valence electrons. The third-order valence-corrected chi connectivity index (χ3v) is 5.38. The first-order chi connectivity index (χ1) is 13.0. The first kappa shape index (κ1) is 19.8. The molecule has 2 atom stereocenters. The van der Waals surface area contributed by atoms with Crippen LogP contribution < -0.4 is 0 Å². The van der Waals surface area contributed by atoms with E-state index >= 15 is 0 Å². The number of methoxy groups -OCH3 is 1. The molecule has 7 heteroatoms. The number of ether oxygens (including phenoxy) is 2. The molecule has 0 bridgehead atoms. The summed E-state index contributed by atoms with van der Waals surface area (Å²) in [6, 6.07) is 3.91. The summed E-state index contributed by atoms with van der Waals surface area (Å²) >= 11 is 0. The molecule has 2 fully saturated rings. The Morgan fingerprint density at radius 3 is 2.48 bits per heavy atom. The molecule has 1 aromatic rings. The second-order valence-electron chi connectivity index (χ2n) is 7.47. The summed E-state index contributed by atoms with van der Waals surface area (Å²) in [4.78, 5) is 33.0. The molecule has 0 saturated carbocycles. The number of rotatable bonds is 7. The van der Waals surface area contributed by atoms with Crippen molar-refractivity contribution >= 4 is 11.8 Å². The summed E-state index contributed by atoms with van der Waals surface area (Å²) in [6.45, 7) is 6.10. The topological polar surface area (TPSA) is 72.0 Å². The van der Waals surface area contributed by atoms with Crippen molar-refractivity contribution in [2.24, 2.45) is 5.92 Å². The maximum absolute atomic E-state index is 12.8. The van der Waals surface area contributed by atoms with Crippen molar-refractivity contribution in [2.75, 3.05) is 33.4 Å². The van der Waals surface area contributed by atoms with Gasteiger partial charge in [0.2, 0.25) is 5.91 Å². The summed E-state index contributed by atoms with van der Waals surface area (Å²) < 4.78 is 10.8. The van der Waals surface area contributed by atoms with E-state index in [1.165, 1.54) is 0 Å². The number of amides is 2. The molecular formula is C20H29N3O4. The van der Waals surface area contributed by atoms with Crippen molar-refractivity contribution in [1.82, 2.24) is 14.8 Å². The molecular weight excluding hydrogens is 346 g/mol. The smallest absolute Gasteiger partial charge is 0.255 e. The van der Waals surface area contributed by atoms with E-state index in [-0.39, 0.29) is 29.8 Å². The Kier molecular flexibility index (Phi) is 6.44. The molecule has 2 aliphatic rings. The highest BCUT2D eigenvalue weighted by atomic mass is 16.5. The van der Waals surface area contributed by atoms with Crippen molar-refractivity contribution in [3.8, 4) is 0 Å². The number of likely N-dealkylation sites (tertiary alicyclic amines) is 2. The van der Waals surface area contributed by atoms with Gasteiger partial charge in [-0.1, -0.05) is 13.8 Å². The van der Waals surface area contributed by atoms with Gasteiger partial charge in [0.15, 0.2) is 6.10 Å². The Morgan fingerprint density at radius 1 is 1.22 bits per heavy atom. The van der Waals surface area contributed by atoms with E-state index in [2.05, 4.69) is 4.98 Å². The number of nitrogens with zero attached hydrogens (tertiary/aromatic N) is 3. The lowest BCUT2D eigenvalue weighted by molar-refractivity contribution is -0.184. The second-order valence-corrected chi connectivity index (χ2v) is 7.47. The van der Waals surface area contributed by atoms with E-state index < -0.39 is 6.10 Å². The van der Waals surface area contributed by atoms with Gasteiger partial charge in [-0.2, -0.15) is 0 Å². The third kappa shape index (κ3) is 4.14. The maximum Gasteiger partial charge on any atom is 0.255 e. The molecule has 3 rings (SSSR count). The van der Waals surface area contributed by atoms with Crippen molar-refractivity contribution in [3.05, 3.63) is 30.1 Å². The molecule has 0 N–H and O–H groups in total. The molecule has 3 heterocycles. The van der Waals surface area contributed by atoms with Gasteiger partial charge in [-0.15, -0.1) is 0 Å². The van der Waals surface area contributed by atoms with Crippen LogP contribution in [0.15, 0.2) is 24.5 Å². The Labute approximate surface area is 160 Å². The molecule has 2 amide bonds. The molecule has 0 aromatic carbocycles. The fourth-order valence-electron chi connectivity index (χ4n) is 3.94. The zero-order valence-corrected chi connectivity index (χ0v) is 16.3. The van der Waals surface area contributed by atoms with Crippen LogP contribution in [0.1, 0.15) is 38.3 Å². The van der Waals surface area contributed by atoms with E-state index in [0.717, 1.165) is 18.4 Å². The lowest BCUT2D eigenvalue weighted by Crippen LogP contribution is -2.65. The van der Waals surface area contributed by atoms with Gasteiger partial charge in [-0.05, 0) is 30.5 Å². The van der Waals surface area contributed by atoms with Gasteiger partial charge in [0, 0.05) is 44.6 Å². The lowest BCUT2D eigenvalue weighted by atomic mass is 9.86. The predicted molar refractivity (Wildman–Crippen MR) is 99.9 cm³/mol. The van der Waals surface area contributed by atoms with Crippen LogP contribution in [-0.2, 0) is 19.1 Å². The van der Waals surface area contributed by atoms with Gasteiger partial charge < -0.3 is 19.3 Å². The van der Waals surface area contributed by atoms with Gasteiger partial charge in [-0.3, -0.25) is 14.6 Å². The molecule has 2 aliphatic heterocycles. The summed E-state index contributed by atoms with van der Waals surface area (Å²) in [5.74, 6) is 0.228. The Hall–Kier alpha value is -1.99. The van der Waals surface area contributed by atoms with Crippen LogP contribution in [0.2, 0.25) is 0 Å². The first-order valence-electron chi connectivity index (χ1n) is 9.66. The van der Waals surface area contributed by atoms with Crippen molar-refractivity contribution in [1.29, 1.82) is 0 Å². The van der Waals surface area contributed by atoms with Gasteiger partial charge >= 0.3 is 0 Å². The summed E-state index contributed by atoms with van der Waals surface area (Å²) in [6.07, 6.45) is 4.62. The summed E-state index contributed by atoms with van der Waals surface area (Å²) in [7, 11) is 1.62. The van der Waals surface area contributed by atoms with E-state index in [4.69, 9.17) is 9.47 Å². The first-order valence-corrected chi connectivity index (χ1v) is 9.66. The average molecular weight is 375 g/mol. The highest BCUT2D eigenvalue weighted by Crippen LogP contribution is 2.40. The van der Waals surface area contributed by atoms with Crippen LogP contribution in [0, 0.1) is 5.92 Å². The number of hydrogen-bond donors (Lipinski definition) is 0. The van der Waals surface area contributed by atoms with Gasteiger partial charge in [0.25, 0.3) is 5.91 Å². The quantitative estimate of drug-likeness (QED) is 0.535. The Bertz CT molecular complexity index is 644. The number of β-lactam (4-membered cyclic amide) rings is 1. The molecule has 2 saturated heterocycles. The molecule has 0 spiro atoms. The standard InChI is InChI=1S/C20H29N3O4/c1-14(2)19(24)22-10-6-16(7-11-22)23-17(15-4-8-21-9-5-15)18(20(23)25)27-13-12-26-3/h4-5,8-9,14,16-18H,6-7,10-13H2,1-3H3/t17-,18+/m0/s1. The van der Waals surface area contributed by atoms with E-state index in [1.807, 2.05) is 35.8 Å². The summed E-state index contributed by atoms with van der Waals surface area (Å²) in [5.41, 5.74) is 1.03. The normalized spacial score (nSPS) is 23.6. The Morgan fingerprint density at radius 2 is 1.89 bits per heavy atom. The summed E-state index contributed by atoms with van der Waals surface area (Å²) in [5, 5.41) is 0. The van der Waals surface area contributed by atoms with E-state index in [0.29, 0.717) is 26.3 Å². The number of hydrogen-bond acceptors (Lipinski definition) is 5. The maximum atomic E-state index is 12.8. The fourth-order valence-corrected chi connectivity index (χ4v) is 3.94. The van der Waals surface area contributed by atoms with Crippen molar-refractivity contribution < 1.29 is 19.1 Å². The highest BCUT2D eigenvalue weighted by molar-refractivity contribution is 5.89. The molecule has 1 aromatic heterocycles. The average Bonchev–Trinajstić information content (AvgIpc) is 2.69. The number of carbonyl (C=O) groups excluding carboxylic acids is 2.